The molecule has 0 saturated heterocycles. The Bertz CT molecular complexity index is 649. The van der Waals surface area contributed by atoms with Crippen LogP contribution in [0.1, 0.15) is 10.4 Å². The summed E-state index contributed by atoms with van der Waals surface area (Å²) in [6.07, 6.45) is 0. The van der Waals surface area contributed by atoms with Crippen molar-refractivity contribution >= 4 is 50.7 Å². The van der Waals surface area contributed by atoms with Crippen molar-refractivity contribution < 1.29 is 9.18 Å². The molecule has 0 heterocycles. The highest BCUT2D eigenvalue weighted by molar-refractivity contribution is 9.10. The van der Waals surface area contributed by atoms with Gasteiger partial charge in [-0.2, -0.15) is 0 Å². The Kier molecular flexibility index (Phi) is 4.45. The van der Waals surface area contributed by atoms with Crippen molar-refractivity contribution in [2.45, 2.75) is 0 Å². The van der Waals surface area contributed by atoms with Gasteiger partial charge in [-0.05, 0) is 52.3 Å². The fourth-order valence-electron chi connectivity index (χ4n) is 1.43. The van der Waals surface area contributed by atoms with E-state index in [0.29, 0.717) is 20.1 Å². The van der Waals surface area contributed by atoms with Crippen molar-refractivity contribution in [3.05, 3.63) is 62.3 Å². The first-order valence-corrected chi connectivity index (χ1v) is 6.74. The lowest BCUT2D eigenvalue weighted by molar-refractivity contribution is 0.102. The molecule has 1 N–H and O–H groups in total. The Hall–Kier alpha value is -1.10. The van der Waals surface area contributed by atoms with Crippen LogP contribution in [0.25, 0.3) is 0 Å². The predicted molar refractivity (Wildman–Crippen MR) is 78.5 cm³/mol. The highest BCUT2D eigenvalue weighted by Crippen LogP contribution is 2.24. The van der Waals surface area contributed by atoms with E-state index in [9.17, 15) is 9.18 Å². The van der Waals surface area contributed by atoms with Gasteiger partial charge in [0.2, 0.25) is 0 Å². The number of carbonyl (C=O) groups is 1. The second-order valence-electron chi connectivity index (χ2n) is 3.71. The van der Waals surface area contributed by atoms with Crippen LogP contribution in [-0.4, -0.2) is 5.91 Å². The Labute approximate surface area is 127 Å². The largest absolute Gasteiger partial charge is 0.319 e. The Balaban J connectivity index is 2.25. The van der Waals surface area contributed by atoms with Gasteiger partial charge < -0.3 is 5.32 Å². The zero-order chi connectivity index (χ0) is 14.0. The lowest BCUT2D eigenvalue weighted by Gasteiger charge is -2.07. The normalized spacial score (nSPS) is 10.3. The van der Waals surface area contributed by atoms with E-state index in [-0.39, 0.29) is 5.69 Å². The molecule has 6 heteroatoms. The number of hydrogen-bond donors (Lipinski definition) is 1. The zero-order valence-electron chi connectivity index (χ0n) is 9.38. The molecule has 0 radical (unpaired) electrons. The van der Waals surface area contributed by atoms with Gasteiger partial charge in [-0.3, -0.25) is 4.79 Å². The highest BCUT2D eigenvalue weighted by atomic mass is 79.9. The Morgan fingerprint density at radius 2 is 1.89 bits per heavy atom. The Morgan fingerprint density at radius 1 is 1.16 bits per heavy atom. The zero-order valence-corrected chi connectivity index (χ0v) is 12.5. The van der Waals surface area contributed by atoms with E-state index < -0.39 is 11.7 Å². The number of nitrogens with one attached hydrogen (secondary N) is 1. The van der Waals surface area contributed by atoms with E-state index in [1.54, 1.807) is 18.2 Å². The van der Waals surface area contributed by atoms with E-state index in [0.717, 1.165) is 0 Å². The van der Waals surface area contributed by atoms with E-state index in [2.05, 4.69) is 21.2 Å². The van der Waals surface area contributed by atoms with E-state index >= 15 is 0 Å². The second-order valence-corrected chi connectivity index (χ2v) is 5.41. The van der Waals surface area contributed by atoms with E-state index in [1.165, 1.54) is 18.2 Å². The summed E-state index contributed by atoms with van der Waals surface area (Å²) in [5, 5.41) is 3.28. The third-order valence-corrected chi connectivity index (χ3v) is 3.81. The van der Waals surface area contributed by atoms with Gasteiger partial charge in [0.25, 0.3) is 5.91 Å². The molecule has 1 amide bonds. The summed E-state index contributed by atoms with van der Waals surface area (Å²) in [6.45, 7) is 0. The van der Waals surface area contributed by atoms with Crippen molar-refractivity contribution in [2.75, 3.05) is 5.32 Å². The number of benzene rings is 2. The summed E-state index contributed by atoms with van der Waals surface area (Å²) in [5.74, 6) is -0.996. The van der Waals surface area contributed by atoms with E-state index in [4.69, 9.17) is 23.2 Å². The summed E-state index contributed by atoms with van der Waals surface area (Å²) < 4.78 is 14.1. The number of halogens is 4. The van der Waals surface area contributed by atoms with E-state index in [1.807, 2.05) is 0 Å². The fourth-order valence-corrected chi connectivity index (χ4v) is 2.09. The molecule has 2 rings (SSSR count). The van der Waals surface area contributed by atoms with Crippen molar-refractivity contribution in [2.24, 2.45) is 0 Å². The number of anilines is 1. The molecule has 0 aliphatic rings. The van der Waals surface area contributed by atoms with Gasteiger partial charge in [-0.25, -0.2) is 4.39 Å². The molecular weight excluding hydrogens is 356 g/mol. The first-order valence-electron chi connectivity index (χ1n) is 5.19. The summed E-state index contributed by atoms with van der Waals surface area (Å²) in [7, 11) is 0. The van der Waals surface area contributed by atoms with Gasteiger partial charge in [0.05, 0.1) is 10.7 Å². The number of rotatable bonds is 2. The fraction of sp³-hybridized carbons (Fsp3) is 0. The molecule has 0 aromatic heterocycles. The van der Waals surface area contributed by atoms with Crippen LogP contribution in [0.15, 0.2) is 40.9 Å². The molecule has 0 aliphatic carbocycles. The lowest BCUT2D eigenvalue weighted by atomic mass is 10.2. The van der Waals surface area contributed by atoms with Crippen molar-refractivity contribution in [1.29, 1.82) is 0 Å². The van der Waals surface area contributed by atoms with Gasteiger partial charge in [0.1, 0.15) is 5.82 Å². The third kappa shape index (κ3) is 3.47. The molecule has 2 nitrogen and oxygen atoms in total. The quantitative estimate of drug-likeness (QED) is 0.786. The first-order chi connectivity index (χ1) is 8.97. The molecule has 0 atom stereocenters. The summed E-state index contributed by atoms with van der Waals surface area (Å²) >= 11 is 14.8. The van der Waals surface area contributed by atoms with Crippen molar-refractivity contribution in [1.82, 2.24) is 0 Å². The van der Waals surface area contributed by atoms with Gasteiger partial charge in [-0.1, -0.05) is 23.2 Å². The van der Waals surface area contributed by atoms with Crippen LogP contribution in [0, 0.1) is 5.82 Å². The maximum Gasteiger partial charge on any atom is 0.255 e. The summed E-state index contributed by atoms with van der Waals surface area (Å²) in [5.41, 5.74) is 0.388. The van der Waals surface area contributed by atoms with Crippen molar-refractivity contribution in [3.8, 4) is 0 Å². The van der Waals surface area contributed by atoms with Crippen LogP contribution < -0.4 is 5.32 Å². The molecule has 0 aliphatic heterocycles. The monoisotopic (exact) mass is 361 g/mol. The number of hydrogen-bond acceptors (Lipinski definition) is 1. The minimum Gasteiger partial charge on any atom is -0.319 e. The number of amides is 1. The molecule has 2 aromatic carbocycles. The lowest BCUT2D eigenvalue weighted by Crippen LogP contribution is -2.13. The van der Waals surface area contributed by atoms with Crippen LogP contribution >= 0.6 is 39.1 Å². The minimum atomic E-state index is -0.550. The second kappa shape index (κ2) is 5.90. The average molecular weight is 363 g/mol. The van der Waals surface area contributed by atoms with Crippen molar-refractivity contribution in [3.63, 3.8) is 0 Å². The van der Waals surface area contributed by atoms with Gasteiger partial charge in [0.15, 0.2) is 0 Å². The maximum absolute atomic E-state index is 13.5. The van der Waals surface area contributed by atoms with Crippen LogP contribution in [0.4, 0.5) is 10.1 Å². The van der Waals surface area contributed by atoms with Crippen LogP contribution in [0.5, 0.6) is 0 Å². The standard InChI is InChI=1S/C13H7BrCl2FNO/c14-9-5-7(1-3-10(9)16)13(19)18-12-6-8(15)2-4-11(12)17/h1-6H,(H,18,19). The predicted octanol–water partition coefficient (Wildman–Crippen LogP) is 5.15. The van der Waals surface area contributed by atoms with Gasteiger partial charge in [0, 0.05) is 15.1 Å². The van der Waals surface area contributed by atoms with Gasteiger partial charge in [-0.15, -0.1) is 0 Å². The molecule has 0 bridgehead atoms. The molecular formula is C13H7BrCl2FNO. The molecule has 0 fully saturated rings. The highest BCUT2D eigenvalue weighted by Gasteiger charge is 2.11. The average Bonchev–Trinajstić information content (AvgIpc) is 2.37. The molecule has 0 spiro atoms. The third-order valence-electron chi connectivity index (χ3n) is 2.36. The first kappa shape index (κ1) is 14.3. The molecule has 0 unspecified atom stereocenters. The van der Waals surface area contributed by atoms with Crippen LogP contribution in [0.2, 0.25) is 10.0 Å². The smallest absolute Gasteiger partial charge is 0.255 e. The van der Waals surface area contributed by atoms with Gasteiger partial charge >= 0.3 is 0 Å². The van der Waals surface area contributed by atoms with Crippen LogP contribution in [0.3, 0.4) is 0 Å². The maximum atomic E-state index is 13.5. The number of carbonyl (C=O) groups excluding carboxylic acids is 1. The minimum absolute atomic E-state index is 0.0311. The summed E-state index contributed by atoms with van der Waals surface area (Å²) in [6, 6.07) is 8.63. The van der Waals surface area contributed by atoms with Crippen LogP contribution in [-0.2, 0) is 0 Å². The topological polar surface area (TPSA) is 29.1 Å². The Morgan fingerprint density at radius 3 is 2.58 bits per heavy atom. The molecule has 0 saturated carbocycles. The molecule has 19 heavy (non-hydrogen) atoms. The molecule has 2 aromatic rings. The summed E-state index contributed by atoms with van der Waals surface area (Å²) in [4.78, 5) is 12.0. The molecule has 98 valence electrons. The SMILES string of the molecule is O=C(Nc1cc(Cl)ccc1F)c1ccc(Cl)c(Br)c1.